The number of ether oxygens (including phenoxy) is 3. The summed E-state index contributed by atoms with van der Waals surface area (Å²) in [7, 11) is 6.84. The van der Waals surface area contributed by atoms with Crippen molar-refractivity contribution < 1.29 is 18.6 Å². The van der Waals surface area contributed by atoms with Crippen molar-refractivity contribution in [1.29, 1.82) is 0 Å². The fourth-order valence-electron chi connectivity index (χ4n) is 4.42. The van der Waals surface area contributed by atoms with E-state index in [9.17, 15) is 4.39 Å². The highest BCUT2D eigenvalue weighted by Crippen LogP contribution is 2.45. The minimum atomic E-state index is -0.379. The molecule has 0 saturated heterocycles. The molecule has 172 valence electrons. The van der Waals surface area contributed by atoms with Crippen molar-refractivity contribution in [2.45, 2.75) is 0 Å². The molecule has 5 rings (SSSR count). The topological polar surface area (TPSA) is 32.6 Å². The van der Waals surface area contributed by atoms with Crippen LogP contribution >= 0.6 is 11.3 Å². The molecule has 34 heavy (non-hydrogen) atoms. The van der Waals surface area contributed by atoms with Gasteiger partial charge in [0.05, 0.1) is 27.0 Å². The minimum absolute atomic E-state index is 0.234. The highest BCUT2D eigenvalue weighted by atomic mass is 32.1. The summed E-state index contributed by atoms with van der Waals surface area (Å²) < 4.78 is 32.8. The molecular formula is C28H24FNO3S. The lowest BCUT2D eigenvalue weighted by atomic mass is 9.99. The molecule has 0 saturated carbocycles. The third kappa shape index (κ3) is 3.70. The number of methoxy groups -OCH3 is 3. The summed E-state index contributed by atoms with van der Waals surface area (Å²) in [6, 6.07) is 21.4. The van der Waals surface area contributed by atoms with E-state index in [-0.39, 0.29) is 11.6 Å². The molecule has 0 aliphatic carbocycles. The van der Waals surface area contributed by atoms with Crippen LogP contribution in [0.4, 0.5) is 4.39 Å². The fraction of sp³-hybridized carbons (Fsp3) is 0.143. The van der Waals surface area contributed by atoms with Gasteiger partial charge in [0.1, 0.15) is 11.5 Å². The maximum Gasteiger partial charge on any atom is 0.165 e. The summed E-state index contributed by atoms with van der Waals surface area (Å²) in [5.41, 5.74) is 6.00. The van der Waals surface area contributed by atoms with E-state index in [4.69, 9.17) is 14.2 Å². The number of nitrogens with zero attached hydrogens (tertiary/aromatic N) is 1. The lowest BCUT2D eigenvalue weighted by Gasteiger charge is -2.11. The number of benzene rings is 3. The molecular weight excluding hydrogens is 449 g/mol. The van der Waals surface area contributed by atoms with Gasteiger partial charge >= 0.3 is 0 Å². The van der Waals surface area contributed by atoms with E-state index in [1.54, 1.807) is 31.6 Å². The Kier molecular flexibility index (Phi) is 5.75. The highest BCUT2D eigenvalue weighted by molar-refractivity contribution is 7.13. The Morgan fingerprint density at radius 3 is 2.09 bits per heavy atom. The molecule has 0 aliphatic rings. The SMILES string of the molecule is COc1cc(OC)cc(-c2c(-c3cccs3)c3cc(-c4ccc(OC)c(F)c4)ccc3n2C)c1. The number of aryl methyl sites for hydroxylation is 1. The van der Waals surface area contributed by atoms with Gasteiger partial charge in [-0.25, -0.2) is 4.39 Å². The van der Waals surface area contributed by atoms with Crippen molar-refractivity contribution in [3.05, 3.63) is 77.9 Å². The first-order valence-electron chi connectivity index (χ1n) is 10.8. The van der Waals surface area contributed by atoms with E-state index in [1.165, 1.54) is 13.2 Å². The number of hydrogen-bond acceptors (Lipinski definition) is 4. The second-order valence-corrected chi connectivity index (χ2v) is 8.89. The molecule has 0 spiro atoms. The molecule has 2 aromatic heterocycles. The molecule has 0 fully saturated rings. The van der Waals surface area contributed by atoms with Crippen LogP contribution in [0.2, 0.25) is 0 Å². The van der Waals surface area contributed by atoms with Crippen LogP contribution in [0, 0.1) is 5.82 Å². The van der Waals surface area contributed by atoms with Gasteiger partial charge in [-0.2, -0.15) is 0 Å². The third-order valence-electron chi connectivity index (χ3n) is 6.08. The third-order valence-corrected chi connectivity index (χ3v) is 6.96. The van der Waals surface area contributed by atoms with Crippen molar-refractivity contribution in [2.75, 3.05) is 21.3 Å². The summed E-state index contributed by atoms with van der Waals surface area (Å²) in [6.45, 7) is 0. The van der Waals surface area contributed by atoms with Crippen LogP contribution < -0.4 is 14.2 Å². The molecule has 5 aromatic rings. The Balaban J connectivity index is 1.78. The van der Waals surface area contributed by atoms with Gasteiger partial charge in [-0.05, 0) is 59.0 Å². The first-order valence-corrected chi connectivity index (χ1v) is 11.7. The van der Waals surface area contributed by atoms with E-state index in [0.717, 1.165) is 55.2 Å². The molecule has 3 aromatic carbocycles. The van der Waals surface area contributed by atoms with E-state index >= 15 is 0 Å². The molecule has 6 heteroatoms. The zero-order valence-electron chi connectivity index (χ0n) is 19.4. The Morgan fingerprint density at radius 2 is 1.47 bits per heavy atom. The van der Waals surface area contributed by atoms with Crippen molar-refractivity contribution in [2.24, 2.45) is 7.05 Å². The monoisotopic (exact) mass is 473 g/mol. The van der Waals surface area contributed by atoms with Gasteiger partial charge in [0.15, 0.2) is 11.6 Å². The van der Waals surface area contributed by atoms with Crippen molar-refractivity contribution in [3.63, 3.8) is 0 Å². The fourth-order valence-corrected chi connectivity index (χ4v) is 5.21. The van der Waals surface area contributed by atoms with Crippen molar-refractivity contribution in [1.82, 2.24) is 4.57 Å². The maximum absolute atomic E-state index is 14.4. The van der Waals surface area contributed by atoms with Gasteiger partial charge < -0.3 is 18.8 Å². The summed E-state index contributed by atoms with van der Waals surface area (Å²) in [5.74, 6) is 1.31. The lowest BCUT2D eigenvalue weighted by molar-refractivity contribution is 0.386. The normalized spacial score (nSPS) is 11.1. The van der Waals surface area contributed by atoms with Gasteiger partial charge in [-0.15, -0.1) is 11.3 Å². The maximum atomic E-state index is 14.4. The summed E-state index contributed by atoms with van der Waals surface area (Å²) >= 11 is 1.69. The first kappa shape index (κ1) is 22.0. The molecule has 0 amide bonds. The van der Waals surface area contributed by atoms with Crippen LogP contribution in [-0.4, -0.2) is 25.9 Å². The zero-order chi connectivity index (χ0) is 23.8. The lowest BCUT2D eigenvalue weighted by Crippen LogP contribution is -1.95. The molecule has 2 heterocycles. The van der Waals surface area contributed by atoms with Gasteiger partial charge in [-0.1, -0.05) is 18.2 Å². The number of aromatic nitrogens is 1. The van der Waals surface area contributed by atoms with Crippen molar-refractivity contribution >= 4 is 22.2 Å². The molecule has 0 unspecified atom stereocenters. The summed E-state index contributed by atoms with van der Waals surface area (Å²) in [6.07, 6.45) is 0. The molecule has 0 bridgehead atoms. The van der Waals surface area contributed by atoms with Gasteiger partial charge in [0, 0.05) is 40.0 Å². The molecule has 0 N–H and O–H groups in total. The predicted molar refractivity (Wildman–Crippen MR) is 137 cm³/mol. The smallest absolute Gasteiger partial charge is 0.165 e. The van der Waals surface area contributed by atoms with Gasteiger partial charge in [0.2, 0.25) is 0 Å². The average Bonchev–Trinajstić information content (AvgIpc) is 3.49. The molecule has 0 atom stereocenters. The van der Waals surface area contributed by atoms with Crippen LogP contribution in [0.3, 0.4) is 0 Å². The highest BCUT2D eigenvalue weighted by Gasteiger charge is 2.21. The minimum Gasteiger partial charge on any atom is -0.497 e. The number of hydrogen-bond donors (Lipinski definition) is 0. The number of rotatable bonds is 6. The second kappa shape index (κ2) is 8.88. The molecule has 4 nitrogen and oxygen atoms in total. The quantitative estimate of drug-likeness (QED) is 0.257. The van der Waals surface area contributed by atoms with Gasteiger partial charge in [-0.3, -0.25) is 0 Å². The van der Waals surface area contributed by atoms with Crippen LogP contribution in [0.5, 0.6) is 17.2 Å². The summed E-state index contributed by atoms with van der Waals surface area (Å²) in [5, 5.41) is 3.17. The molecule has 0 radical (unpaired) electrons. The first-order chi connectivity index (χ1) is 16.5. The Labute approximate surface area is 201 Å². The van der Waals surface area contributed by atoms with Crippen LogP contribution in [0.1, 0.15) is 0 Å². The van der Waals surface area contributed by atoms with Crippen LogP contribution in [-0.2, 0) is 7.05 Å². The Hall–Kier alpha value is -3.77. The number of fused-ring (bicyclic) bond motifs is 1. The average molecular weight is 474 g/mol. The van der Waals surface area contributed by atoms with E-state index in [1.807, 2.05) is 30.3 Å². The van der Waals surface area contributed by atoms with Crippen molar-refractivity contribution in [3.8, 4) is 50.1 Å². The standard InChI is InChI=1S/C28H24FNO3S/c1-30-24-9-7-17(18-8-10-25(33-4)23(29)15-18)14-22(24)27(26-6-5-11-34-26)28(30)19-12-20(31-2)16-21(13-19)32-3/h5-16H,1-4H3. The molecule has 0 aliphatic heterocycles. The van der Waals surface area contributed by atoms with Crippen LogP contribution in [0.15, 0.2) is 72.1 Å². The van der Waals surface area contributed by atoms with E-state index in [2.05, 4.69) is 41.3 Å². The largest absolute Gasteiger partial charge is 0.497 e. The van der Waals surface area contributed by atoms with Gasteiger partial charge in [0.25, 0.3) is 0 Å². The Bertz CT molecular complexity index is 1470. The van der Waals surface area contributed by atoms with E-state index < -0.39 is 0 Å². The van der Waals surface area contributed by atoms with Crippen LogP contribution in [0.25, 0.3) is 43.7 Å². The Morgan fingerprint density at radius 1 is 0.765 bits per heavy atom. The predicted octanol–water partition coefficient (Wildman–Crippen LogP) is 7.41. The zero-order valence-corrected chi connectivity index (χ0v) is 20.2. The number of halogens is 1. The second-order valence-electron chi connectivity index (χ2n) is 7.94. The van der Waals surface area contributed by atoms with E-state index in [0.29, 0.717) is 0 Å². The summed E-state index contributed by atoms with van der Waals surface area (Å²) in [4.78, 5) is 1.15. The number of thiophene rings is 1.